The molecule has 0 heterocycles. The van der Waals surface area contributed by atoms with Gasteiger partial charge in [-0.3, -0.25) is 0 Å². The molecule has 4 aromatic rings. The van der Waals surface area contributed by atoms with Gasteiger partial charge in [0.1, 0.15) is 9.83 Å². The summed E-state index contributed by atoms with van der Waals surface area (Å²) in [6.45, 7) is 2.25. The van der Waals surface area contributed by atoms with Gasteiger partial charge in [-0.25, -0.2) is 4.99 Å². The largest absolute Gasteiger partial charge is 0.441 e. The van der Waals surface area contributed by atoms with Crippen molar-refractivity contribution >= 4 is 58.6 Å². The highest BCUT2D eigenvalue weighted by Gasteiger charge is 2.39. The Bertz CT molecular complexity index is 1180. The van der Waals surface area contributed by atoms with Crippen molar-refractivity contribution in [1.82, 2.24) is 0 Å². The Morgan fingerprint density at radius 3 is 1.63 bits per heavy atom. The Morgan fingerprint density at radius 1 is 0.658 bits per heavy atom. The van der Waals surface area contributed by atoms with Crippen molar-refractivity contribution in [3.63, 3.8) is 0 Å². The molecule has 0 aliphatic heterocycles. The zero-order valence-electron chi connectivity index (χ0n) is 21.6. The van der Waals surface area contributed by atoms with E-state index in [9.17, 15) is 0 Å². The second-order valence-corrected chi connectivity index (χ2v) is 14.1. The van der Waals surface area contributed by atoms with Gasteiger partial charge in [-0.15, -0.1) is 47.0 Å². The second kappa shape index (κ2) is 16.0. The Kier molecular flexibility index (Phi) is 12.1. The van der Waals surface area contributed by atoms with Crippen LogP contribution in [0.15, 0.2) is 136 Å². The molecule has 6 heteroatoms. The van der Waals surface area contributed by atoms with E-state index in [1.807, 2.05) is 108 Å². The molecule has 2 nitrogen and oxygen atoms in total. The van der Waals surface area contributed by atoms with Crippen LogP contribution in [-0.2, 0) is 0 Å². The SMILES string of the molecule is CCCCC(SCSc1ccccc1)(SCSc1ccccc1)C(=Nc1ccccc1)Oc1ccccc1. The summed E-state index contributed by atoms with van der Waals surface area (Å²) < 4.78 is 6.33. The number of hydrogen-bond acceptors (Lipinski definition) is 6. The lowest BCUT2D eigenvalue weighted by Gasteiger charge is -2.33. The average Bonchev–Trinajstić information content (AvgIpc) is 2.97. The second-order valence-electron chi connectivity index (χ2n) is 8.46. The lowest BCUT2D eigenvalue weighted by atomic mass is 10.2. The van der Waals surface area contributed by atoms with Gasteiger partial charge in [-0.1, -0.05) is 92.6 Å². The third kappa shape index (κ3) is 9.19. The number of ether oxygens (including phenoxy) is 1. The Balaban J connectivity index is 1.67. The van der Waals surface area contributed by atoms with Crippen molar-refractivity contribution in [2.75, 3.05) is 10.2 Å². The molecule has 0 fully saturated rings. The van der Waals surface area contributed by atoms with Gasteiger partial charge in [0.2, 0.25) is 5.90 Å². The van der Waals surface area contributed by atoms with Gasteiger partial charge < -0.3 is 4.74 Å². The van der Waals surface area contributed by atoms with Crippen LogP contribution in [0.2, 0.25) is 0 Å². The number of rotatable bonds is 14. The molecule has 0 aromatic heterocycles. The predicted octanol–water partition coefficient (Wildman–Crippen LogP) is 10.6. The average molecular weight is 576 g/mol. The fraction of sp³-hybridized carbons (Fsp3) is 0.219. The molecule has 0 saturated carbocycles. The number of aliphatic imine (C=N–C) groups is 1. The molecule has 196 valence electrons. The molecule has 0 aliphatic rings. The zero-order chi connectivity index (χ0) is 26.3. The van der Waals surface area contributed by atoms with Gasteiger partial charge in [0.25, 0.3) is 0 Å². The molecule has 4 aromatic carbocycles. The third-order valence-electron chi connectivity index (χ3n) is 5.65. The summed E-state index contributed by atoms with van der Waals surface area (Å²) in [7, 11) is 0. The summed E-state index contributed by atoms with van der Waals surface area (Å²) in [5.74, 6) is 1.58. The van der Waals surface area contributed by atoms with Crippen LogP contribution in [-0.4, -0.2) is 20.1 Å². The normalized spacial score (nSPS) is 11.9. The maximum Gasteiger partial charge on any atom is 0.221 e. The third-order valence-corrected chi connectivity index (χ3v) is 11.1. The van der Waals surface area contributed by atoms with E-state index in [0.717, 1.165) is 46.8 Å². The number of unbranched alkanes of at least 4 members (excludes halogenated alkanes) is 1. The smallest absolute Gasteiger partial charge is 0.221 e. The highest BCUT2D eigenvalue weighted by molar-refractivity contribution is 8.28. The van der Waals surface area contributed by atoms with Crippen LogP contribution in [0.1, 0.15) is 26.2 Å². The maximum absolute atomic E-state index is 6.68. The summed E-state index contributed by atoms with van der Waals surface area (Å²) in [4.78, 5) is 7.72. The Hall–Kier alpha value is -2.25. The molecule has 0 bridgehead atoms. The van der Waals surface area contributed by atoms with Gasteiger partial charge >= 0.3 is 0 Å². The van der Waals surface area contributed by atoms with Gasteiger partial charge in [-0.05, 0) is 55.0 Å². The number of nitrogens with zero attached hydrogens (tertiary/aromatic N) is 1. The first-order chi connectivity index (χ1) is 18.8. The molecular weight excluding hydrogens is 543 g/mol. The molecule has 38 heavy (non-hydrogen) atoms. The monoisotopic (exact) mass is 575 g/mol. The Labute approximate surface area is 244 Å². The van der Waals surface area contributed by atoms with Crippen LogP contribution >= 0.6 is 47.0 Å². The van der Waals surface area contributed by atoms with Crippen molar-refractivity contribution < 1.29 is 4.74 Å². The maximum atomic E-state index is 6.68. The van der Waals surface area contributed by atoms with E-state index in [2.05, 4.69) is 67.6 Å². The topological polar surface area (TPSA) is 21.6 Å². The van der Waals surface area contributed by atoms with Crippen LogP contribution < -0.4 is 4.74 Å². The minimum Gasteiger partial charge on any atom is -0.441 e. The van der Waals surface area contributed by atoms with Crippen LogP contribution in [0.5, 0.6) is 5.75 Å². The van der Waals surface area contributed by atoms with Gasteiger partial charge in [0.15, 0.2) is 0 Å². The van der Waals surface area contributed by atoms with E-state index in [1.54, 1.807) is 0 Å². The van der Waals surface area contributed by atoms with Crippen molar-refractivity contribution in [1.29, 1.82) is 0 Å². The predicted molar refractivity (Wildman–Crippen MR) is 172 cm³/mol. The lowest BCUT2D eigenvalue weighted by Crippen LogP contribution is -2.36. The molecular formula is C32H33NOS4. The number of para-hydroxylation sites is 2. The van der Waals surface area contributed by atoms with E-state index in [0.29, 0.717) is 0 Å². The zero-order valence-corrected chi connectivity index (χ0v) is 24.8. The van der Waals surface area contributed by atoms with Crippen molar-refractivity contribution in [2.24, 2.45) is 4.99 Å². The van der Waals surface area contributed by atoms with Crippen molar-refractivity contribution in [2.45, 2.75) is 40.1 Å². The summed E-state index contributed by atoms with van der Waals surface area (Å²) in [6, 6.07) is 41.5. The first-order valence-electron chi connectivity index (χ1n) is 12.8. The van der Waals surface area contributed by atoms with Crippen molar-refractivity contribution in [3.8, 4) is 5.75 Å². The molecule has 0 spiro atoms. The van der Waals surface area contributed by atoms with Crippen molar-refractivity contribution in [3.05, 3.63) is 121 Å². The van der Waals surface area contributed by atoms with Gasteiger partial charge in [0.05, 0.1) is 5.69 Å². The first kappa shape index (κ1) is 28.8. The van der Waals surface area contributed by atoms with Crippen LogP contribution in [0.25, 0.3) is 0 Å². The fourth-order valence-corrected chi connectivity index (χ4v) is 9.63. The highest BCUT2D eigenvalue weighted by Crippen LogP contribution is 2.48. The minimum atomic E-state index is -0.342. The summed E-state index contributed by atoms with van der Waals surface area (Å²) in [6.07, 6.45) is 3.19. The summed E-state index contributed by atoms with van der Waals surface area (Å²) in [5, 5.41) is 1.81. The fourth-order valence-electron chi connectivity index (χ4n) is 3.65. The molecule has 0 N–H and O–H groups in total. The van der Waals surface area contributed by atoms with E-state index in [-0.39, 0.29) is 4.08 Å². The van der Waals surface area contributed by atoms with E-state index < -0.39 is 0 Å². The minimum absolute atomic E-state index is 0.342. The number of benzene rings is 4. The van der Waals surface area contributed by atoms with E-state index in [1.165, 1.54) is 9.79 Å². The first-order valence-corrected chi connectivity index (χ1v) is 16.7. The summed E-state index contributed by atoms with van der Waals surface area (Å²) >= 11 is 7.63. The van der Waals surface area contributed by atoms with Crippen LogP contribution in [0, 0.1) is 0 Å². The van der Waals surface area contributed by atoms with Gasteiger partial charge in [-0.2, -0.15) is 0 Å². The lowest BCUT2D eigenvalue weighted by molar-refractivity contribution is 0.520. The van der Waals surface area contributed by atoms with Crippen LogP contribution in [0.3, 0.4) is 0 Å². The molecule has 0 amide bonds. The number of thioether (sulfide) groups is 4. The van der Waals surface area contributed by atoms with E-state index in [4.69, 9.17) is 9.73 Å². The molecule has 0 saturated heterocycles. The number of hydrogen-bond donors (Lipinski definition) is 0. The highest BCUT2D eigenvalue weighted by atomic mass is 32.2. The van der Waals surface area contributed by atoms with E-state index >= 15 is 0 Å². The molecule has 4 rings (SSSR count). The molecule has 0 aliphatic carbocycles. The molecule has 0 unspecified atom stereocenters. The standard InChI is InChI=1S/C32H33NOS4/c1-2-3-24-32(37-25-35-29-20-12-6-13-21-29,38-26-36-30-22-14-7-15-23-30)31(33-27-16-8-4-9-17-27)34-28-18-10-5-11-19-28/h4-23H,2-3,24-26H2,1H3. The molecule has 0 radical (unpaired) electrons. The van der Waals surface area contributed by atoms with Crippen LogP contribution in [0.4, 0.5) is 5.69 Å². The summed E-state index contributed by atoms with van der Waals surface area (Å²) in [5.41, 5.74) is 0.909. The van der Waals surface area contributed by atoms with Gasteiger partial charge in [0, 0.05) is 20.0 Å². The quantitative estimate of drug-likeness (QED) is 0.0643. The molecule has 0 atom stereocenters. The Morgan fingerprint density at radius 2 is 1.13 bits per heavy atom.